The Morgan fingerprint density at radius 3 is 2.69 bits per heavy atom. The van der Waals surface area contributed by atoms with E-state index in [2.05, 4.69) is 50.3 Å². The number of pyridine rings is 1. The SMILES string of the molecule is CN(C)C1CCC(Nc2ncnc3ccc(/C(C=NCc4ccccn4)=C/N)cc23)CC1. The van der Waals surface area contributed by atoms with E-state index in [1.807, 2.05) is 30.3 Å². The maximum Gasteiger partial charge on any atom is 0.137 e. The Hall–Kier alpha value is -3.32. The Labute approximate surface area is 189 Å². The molecule has 0 atom stereocenters. The number of nitrogens with one attached hydrogen (secondary N) is 1. The van der Waals surface area contributed by atoms with Gasteiger partial charge in [-0.1, -0.05) is 12.1 Å². The van der Waals surface area contributed by atoms with Gasteiger partial charge in [-0.05, 0) is 69.6 Å². The van der Waals surface area contributed by atoms with Gasteiger partial charge in [-0.3, -0.25) is 9.98 Å². The van der Waals surface area contributed by atoms with Crippen LogP contribution in [0, 0.1) is 0 Å². The minimum absolute atomic E-state index is 0.428. The molecule has 7 nitrogen and oxygen atoms in total. The predicted molar refractivity (Wildman–Crippen MR) is 131 cm³/mol. The third kappa shape index (κ3) is 5.29. The number of hydrogen-bond acceptors (Lipinski definition) is 7. The Bertz CT molecular complexity index is 1080. The number of nitrogens with zero attached hydrogens (tertiary/aromatic N) is 5. The molecule has 1 fully saturated rings. The van der Waals surface area contributed by atoms with Gasteiger partial charge in [0.2, 0.25) is 0 Å². The van der Waals surface area contributed by atoms with Crippen LogP contribution in [0.3, 0.4) is 0 Å². The van der Waals surface area contributed by atoms with Crippen LogP contribution in [0.15, 0.2) is 60.1 Å². The fourth-order valence-corrected chi connectivity index (χ4v) is 4.22. The second-order valence-electron chi connectivity index (χ2n) is 8.48. The summed E-state index contributed by atoms with van der Waals surface area (Å²) in [4.78, 5) is 20.2. The molecule has 0 radical (unpaired) electrons. The first-order chi connectivity index (χ1) is 15.6. The highest BCUT2D eigenvalue weighted by atomic mass is 15.1. The van der Waals surface area contributed by atoms with Crippen molar-refractivity contribution in [2.75, 3.05) is 19.4 Å². The highest BCUT2D eigenvalue weighted by molar-refractivity contribution is 6.11. The molecule has 4 rings (SSSR count). The standard InChI is InChI=1S/C25H31N7/c1-32(2)22-9-7-20(8-10-22)31-25-23-13-18(6-11-24(23)29-17-30-25)19(14-26)15-27-16-21-5-3-4-12-28-21/h3-6,11-15,17,20,22H,7-10,16,26H2,1-2H3,(H,29,30,31)/b19-14+,27-15?. The summed E-state index contributed by atoms with van der Waals surface area (Å²) >= 11 is 0. The molecule has 2 aromatic heterocycles. The van der Waals surface area contributed by atoms with E-state index in [1.165, 1.54) is 12.8 Å². The summed E-state index contributed by atoms with van der Waals surface area (Å²) < 4.78 is 0. The Morgan fingerprint density at radius 2 is 1.97 bits per heavy atom. The highest BCUT2D eigenvalue weighted by Crippen LogP contribution is 2.28. The van der Waals surface area contributed by atoms with Crippen LogP contribution in [-0.2, 0) is 6.54 Å². The smallest absolute Gasteiger partial charge is 0.137 e. The maximum atomic E-state index is 5.93. The number of rotatable bonds is 7. The molecule has 7 heteroatoms. The Balaban J connectivity index is 1.51. The van der Waals surface area contributed by atoms with E-state index in [4.69, 9.17) is 5.73 Å². The second-order valence-corrected chi connectivity index (χ2v) is 8.48. The van der Waals surface area contributed by atoms with Gasteiger partial charge < -0.3 is 16.0 Å². The summed E-state index contributed by atoms with van der Waals surface area (Å²) in [6.07, 6.45) is 11.5. The van der Waals surface area contributed by atoms with Crippen LogP contribution in [0.2, 0.25) is 0 Å². The van der Waals surface area contributed by atoms with Crippen molar-refractivity contribution in [2.24, 2.45) is 10.7 Å². The summed E-state index contributed by atoms with van der Waals surface area (Å²) in [5.74, 6) is 0.881. The molecule has 0 aliphatic heterocycles. The molecule has 3 N–H and O–H groups in total. The summed E-state index contributed by atoms with van der Waals surface area (Å²) in [5, 5.41) is 4.67. The molecule has 166 valence electrons. The molecule has 0 unspecified atom stereocenters. The van der Waals surface area contributed by atoms with E-state index in [0.717, 1.165) is 46.4 Å². The number of benzene rings is 1. The van der Waals surface area contributed by atoms with E-state index in [9.17, 15) is 0 Å². The lowest BCUT2D eigenvalue weighted by Crippen LogP contribution is -2.36. The van der Waals surface area contributed by atoms with Gasteiger partial charge in [0.15, 0.2) is 0 Å². The lowest BCUT2D eigenvalue weighted by molar-refractivity contribution is 0.221. The van der Waals surface area contributed by atoms with Gasteiger partial charge in [0.25, 0.3) is 0 Å². The monoisotopic (exact) mass is 429 g/mol. The van der Waals surface area contributed by atoms with E-state index in [-0.39, 0.29) is 0 Å². The maximum absolute atomic E-state index is 5.93. The van der Waals surface area contributed by atoms with E-state index >= 15 is 0 Å². The van der Waals surface area contributed by atoms with Gasteiger partial charge in [0.05, 0.1) is 17.8 Å². The van der Waals surface area contributed by atoms with Gasteiger partial charge >= 0.3 is 0 Å². The van der Waals surface area contributed by atoms with Gasteiger partial charge in [-0.15, -0.1) is 0 Å². The number of nitrogens with two attached hydrogens (primary N) is 1. The molecule has 0 bridgehead atoms. The van der Waals surface area contributed by atoms with E-state index in [0.29, 0.717) is 18.6 Å². The zero-order valence-corrected chi connectivity index (χ0v) is 18.8. The molecule has 0 saturated heterocycles. The first-order valence-corrected chi connectivity index (χ1v) is 11.1. The third-order valence-electron chi connectivity index (χ3n) is 6.13. The molecule has 2 heterocycles. The summed E-state index contributed by atoms with van der Waals surface area (Å²) in [6.45, 7) is 0.511. The van der Waals surface area contributed by atoms with Gasteiger partial charge in [0, 0.05) is 41.7 Å². The van der Waals surface area contributed by atoms with Gasteiger partial charge in [0.1, 0.15) is 12.1 Å². The largest absolute Gasteiger partial charge is 0.404 e. The quantitative estimate of drug-likeness (QED) is 0.554. The summed E-state index contributed by atoms with van der Waals surface area (Å²) in [5.41, 5.74) is 9.60. The first-order valence-electron chi connectivity index (χ1n) is 11.1. The van der Waals surface area contributed by atoms with Crippen LogP contribution in [0.25, 0.3) is 16.5 Å². The van der Waals surface area contributed by atoms with Crippen molar-refractivity contribution in [3.05, 3.63) is 66.4 Å². The van der Waals surface area contributed by atoms with Crippen LogP contribution in [0.5, 0.6) is 0 Å². The lowest BCUT2D eigenvalue weighted by atomic mass is 9.90. The van der Waals surface area contributed by atoms with Crippen LogP contribution < -0.4 is 11.1 Å². The van der Waals surface area contributed by atoms with Crippen molar-refractivity contribution >= 4 is 28.5 Å². The molecule has 1 aliphatic carbocycles. The van der Waals surface area contributed by atoms with Crippen LogP contribution >= 0.6 is 0 Å². The number of anilines is 1. The van der Waals surface area contributed by atoms with Gasteiger partial charge in [-0.25, -0.2) is 9.97 Å². The van der Waals surface area contributed by atoms with Crippen LogP contribution in [0.4, 0.5) is 5.82 Å². The molecule has 0 amide bonds. The average Bonchev–Trinajstić information content (AvgIpc) is 2.83. The molecule has 3 aromatic rings. The topological polar surface area (TPSA) is 92.3 Å². The Kier molecular flexibility index (Phi) is 7.07. The van der Waals surface area contributed by atoms with Crippen molar-refractivity contribution in [2.45, 2.75) is 44.3 Å². The normalized spacial score (nSPS) is 19.7. The van der Waals surface area contributed by atoms with Crippen molar-refractivity contribution in [3.63, 3.8) is 0 Å². The number of hydrogen-bond donors (Lipinski definition) is 2. The molecular formula is C25H31N7. The fraction of sp³-hybridized carbons (Fsp3) is 0.360. The molecule has 1 aromatic carbocycles. The molecule has 32 heavy (non-hydrogen) atoms. The second kappa shape index (κ2) is 10.3. The zero-order valence-electron chi connectivity index (χ0n) is 18.8. The third-order valence-corrected chi connectivity index (χ3v) is 6.13. The molecular weight excluding hydrogens is 398 g/mol. The summed E-state index contributed by atoms with van der Waals surface area (Å²) in [7, 11) is 4.33. The van der Waals surface area contributed by atoms with Crippen molar-refractivity contribution in [1.29, 1.82) is 0 Å². The van der Waals surface area contributed by atoms with Crippen molar-refractivity contribution in [1.82, 2.24) is 19.9 Å². The van der Waals surface area contributed by atoms with Gasteiger partial charge in [-0.2, -0.15) is 0 Å². The molecule has 1 aliphatic rings. The van der Waals surface area contributed by atoms with Crippen molar-refractivity contribution < 1.29 is 0 Å². The average molecular weight is 430 g/mol. The summed E-state index contributed by atoms with van der Waals surface area (Å²) in [6, 6.07) is 13.0. The minimum atomic E-state index is 0.428. The first kappa shape index (κ1) is 21.9. The Morgan fingerprint density at radius 1 is 1.12 bits per heavy atom. The number of aromatic nitrogens is 3. The number of allylic oxidation sites excluding steroid dienone is 1. The zero-order chi connectivity index (χ0) is 22.3. The van der Waals surface area contributed by atoms with E-state index in [1.54, 1.807) is 24.9 Å². The minimum Gasteiger partial charge on any atom is -0.404 e. The fourth-order valence-electron chi connectivity index (χ4n) is 4.22. The number of aliphatic imine (C=N–C) groups is 1. The molecule has 0 spiro atoms. The lowest BCUT2D eigenvalue weighted by Gasteiger charge is -2.33. The van der Waals surface area contributed by atoms with Crippen LogP contribution in [-0.4, -0.2) is 52.2 Å². The predicted octanol–water partition coefficient (Wildman–Crippen LogP) is 3.88. The number of fused-ring (bicyclic) bond motifs is 1. The molecule has 1 saturated carbocycles. The van der Waals surface area contributed by atoms with E-state index < -0.39 is 0 Å². The van der Waals surface area contributed by atoms with Crippen molar-refractivity contribution in [3.8, 4) is 0 Å². The van der Waals surface area contributed by atoms with Crippen LogP contribution in [0.1, 0.15) is 36.9 Å². The highest BCUT2D eigenvalue weighted by Gasteiger charge is 2.23.